The summed E-state index contributed by atoms with van der Waals surface area (Å²) in [6, 6.07) is 5.91. The summed E-state index contributed by atoms with van der Waals surface area (Å²) in [5.41, 5.74) is 0.500. The van der Waals surface area contributed by atoms with Crippen LogP contribution in [-0.4, -0.2) is 42.8 Å². The summed E-state index contributed by atoms with van der Waals surface area (Å²) in [6.07, 6.45) is 3.07. The molecule has 5 nitrogen and oxygen atoms in total. The number of hydrogen-bond donors (Lipinski definition) is 1. The van der Waals surface area contributed by atoms with E-state index in [1.54, 1.807) is 12.1 Å². The Morgan fingerprint density at radius 1 is 1.29 bits per heavy atom. The summed E-state index contributed by atoms with van der Waals surface area (Å²) in [5, 5.41) is 9.11. The van der Waals surface area contributed by atoms with Gasteiger partial charge in [0.1, 0.15) is 0 Å². The van der Waals surface area contributed by atoms with Crippen molar-refractivity contribution in [1.29, 1.82) is 0 Å². The third-order valence-corrected chi connectivity index (χ3v) is 5.87. The Bertz CT molecular complexity index is 593. The van der Waals surface area contributed by atoms with E-state index in [4.69, 9.17) is 5.11 Å². The van der Waals surface area contributed by atoms with Gasteiger partial charge in [0.15, 0.2) is 5.78 Å². The van der Waals surface area contributed by atoms with Crippen LogP contribution in [0.1, 0.15) is 43.0 Å². The number of aliphatic hydroxyl groups is 1. The molecule has 116 valence electrons. The number of benzene rings is 1. The zero-order valence-corrected chi connectivity index (χ0v) is 13.0. The van der Waals surface area contributed by atoms with E-state index in [0.29, 0.717) is 18.5 Å². The molecule has 1 aromatic rings. The van der Waals surface area contributed by atoms with E-state index >= 15 is 0 Å². The molecule has 21 heavy (non-hydrogen) atoms. The van der Waals surface area contributed by atoms with Crippen molar-refractivity contribution in [3.8, 4) is 0 Å². The predicted octanol–water partition coefficient (Wildman–Crippen LogP) is 1.81. The van der Waals surface area contributed by atoms with E-state index in [2.05, 4.69) is 0 Å². The average molecular weight is 311 g/mol. The lowest BCUT2D eigenvalue weighted by Gasteiger charge is -2.34. The van der Waals surface area contributed by atoms with Crippen molar-refractivity contribution in [3.05, 3.63) is 29.8 Å². The molecule has 1 unspecified atom stereocenters. The third-order valence-electron chi connectivity index (χ3n) is 3.90. The van der Waals surface area contributed by atoms with Crippen molar-refractivity contribution in [3.63, 3.8) is 0 Å². The number of sulfonamides is 1. The minimum absolute atomic E-state index is 0.0139. The van der Waals surface area contributed by atoms with Gasteiger partial charge in [-0.15, -0.1) is 0 Å². The van der Waals surface area contributed by atoms with Crippen LogP contribution >= 0.6 is 0 Å². The molecule has 0 aliphatic carbocycles. The van der Waals surface area contributed by atoms with Crippen molar-refractivity contribution in [1.82, 2.24) is 4.31 Å². The molecule has 1 aliphatic rings. The Kier molecular flexibility index (Phi) is 5.13. The van der Waals surface area contributed by atoms with Gasteiger partial charge in [-0.25, -0.2) is 8.42 Å². The van der Waals surface area contributed by atoms with Gasteiger partial charge in [-0.3, -0.25) is 4.79 Å². The molecule has 1 fully saturated rings. The van der Waals surface area contributed by atoms with Crippen LogP contribution in [0.15, 0.2) is 29.2 Å². The normalized spacial score (nSPS) is 20.4. The Labute approximate surface area is 125 Å². The van der Waals surface area contributed by atoms with Gasteiger partial charge in [-0.1, -0.05) is 18.6 Å². The number of hydrogen-bond acceptors (Lipinski definition) is 4. The molecular formula is C15H21NO4S. The smallest absolute Gasteiger partial charge is 0.243 e. The molecule has 0 amide bonds. The van der Waals surface area contributed by atoms with Gasteiger partial charge in [0.25, 0.3) is 0 Å². The van der Waals surface area contributed by atoms with Crippen LogP contribution in [0.2, 0.25) is 0 Å². The third kappa shape index (κ3) is 3.51. The second-order valence-electron chi connectivity index (χ2n) is 5.36. The Morgan fingerprint density at radius 2 is 1.95 bits per heavy atom. The second-order valence-corrected chi connectivity index (χ2v) is 7.25. The minimum Gasteiger partial charge on any atom is -0.396 e. The van der Waals surface area contributed by atoms with Crippen LogP contribution in [0.4, 0.5) is 0 Å². The highest BCUT2D eigenvalue weighted by Crippen LogP contribution is 2.27. The molecule has 1 N–H and O–H groups in total. The maximum absolute atomic E-state index is 12.7. The van der Waals surface area contributed by atoms with Gasteiger partial charge in [0, 0.05) is 24.8 Å². The number of ketones is 1. The predicted molar refractivity (Wildman–Crippen MR) is 79.7 cm³/mol. The summed E-state index contributed by atoms with van der Waals surface area (Å²) in [5.74, 6) is -0.0879. The van der Waals surface area contributed by atoms with Crippen LogP contribution in [0.3, 0.4) is 0 Å². The summed E-state index contributed by atoms with van der Waals surface area (Å²) >= 11 is 0. The summed E-state index contributed by atoms with van der Waals surface area (Å²) < 4.78 is 26.9. The van der Waals surface area contributed by atoms with Crippen molar-refractivity contribution >= 4 is 15.8 Å². The van der Waals surface area contributed by atoms with Gasteiger partial charge < -0.3 is 5.11 Å². The highest BCUT2D eigenvalue weighted by atomic mass is 32.2. The lowest BCUT2D eigenvalue weighted by atomic mass is 10.0. The molecule has 1 aromatic carbocycles. The number of Topliss-reactive ketones (excluding diaryl/α,β-unsaturated/α-hetero) is 1. The lowest BCUT2D eigenvalue weighted by Crippen LogP contribution is -2.44. The molecule has 6 heteroatoms. The highest BCUT2D eigenvalue weighted by Gasteiger charge is 2.32. The molecule has 1 atom stereocenters. The SMILES string of the molecule is CC(=O)c1ccc(S(=O)(=O)N2CCCCC2CCO)cc1. The summed E-state index contributed by atoms with van der Waals surface area (Å²) in [4.78, 5) is 11.5. The molecule has 0 bridgehead atoms. The first-order valence-electron chi connectivity index (χ1n) is 7.20. The maximum atomic E-state index is 12.7. The van der Waals surface area contributed by atoms with Gasteiger partial charge in [-0.05, 0) is 38.3 Å². The number of nitrogens with zero attached hydrogens (tertiary/aromatic N) is 1. The second kappa shape index (κ2) is 6.68. The number of piperidine rings is 1. The van der Waals surface area contributed by atoms with E-state index < -0.39 is 10.0 Å². The number of carbonyl (C=O) groups excluding carboxylic acids is 1. The number of aliphatic hydroxyl groups excluding tert-OH is 1. The minimum atomic E-state index is -3.56. The van der Waals surface area contributed by atoms with Crippen LogP contribution in [0.25, 0.3) is 0 Å². The van der Waals surface area contributed by atoms with Crippen molar-refractivity contribution in [2.45, 2.75) is 43.5 Å². The van der Waals surface area contributed by atoms with Crippen molar-refractivity contribution in [2.75, 3.05) is 13.2 Å². The average Bonchev–Trinajstić information content (AvgIpc) is 2.48. The fraction of sp³-hybridized carbons (Fsp3) is 0.533. The van der Waals surface area contributed by atoms with E-state index in [1.165, 1.54) is 23.4 Å². The van der Waals surface area contributed by atoms with E-state index in [1.807, 2.05) is 0 Å². The Balaban J connectivity index is 2.28. The van der Waals surface area contributed by atoms with Crippen LogP contribution in [0, 0.1) is 0 Å². The van der Waals surface area contributed by atoms with Crippen LogP contribution in [0.5, 0.6) is 0 Å². The van der Waals surface area contributed by atoms with E-state index in [9.17, 15) is 13.2 Å². The first-order valence-corrected chi connectivity index (χ1v) is 8.64. The van der Waals surface area contributed by atoms with Crippen molar-refractivity contribution in [2.24, 2.45) is 0 Å². The first-order chi connectivity index (χ1) is 9.96. The zero-order chi connectivity index (χ0) is 15.5. The Hall–Kier alpha value is -1.24. The van der Waals surface area contributed by atoms with Crippen LogP contribution < -0.4 is 0 Å². The zero-order valence-electron chi connectivity index (χ0n) is 12.2. The van der Waals surface area contributed by atoms with E-state index in [0.717, 1.165) is 19.3 Å². The molecule has 1 aliphatic heterocycles. The summed E-state index contributed by atoms with van der Waals surface area (Å²) in [7, 11) is -3.56. The number of rotatable bonds is 5. The molecular weight excluding hydrogens is 290 g/mol. The van der Waals surface area contributed by atoms with E-state index in [-0.39, 0.29) is 23.3 Å². The lowest BCUT2D eigenvalue weighted by molar-refractivity contribution is 0.101. The molecule has 0 spiro atoms. The molecule has 0 saturated carbocycles. The summed E-state index contributed by atoms with van der Waals surface area (Å²) in [6.45, 7) is 1.92. The monoisotopic (exact) mass is 311 g/mol. The van der Waals surface area contributed by atoms with Gasteiger partial charge >= 0.3 is 0 Å². The first kappa shape index (κ1) is 16.1. The molecule has 0 radical (unpaired) electrons. The largest absolute Gasteiger partial charge is 0.396 e. The van der Waals surface area contributed by atoms with Crippen LogP contribution in [-0.2, 0) is 10.0 Å². The molecule has 1 heterocycles. The fourth-order valence-electron chi connectivity index (χ4n) is 2.72. The maximum Gasteiger partial charge on any atom is 0.243 e. The topological polar surface area (TPSA) is 74.7 Å². The number of carbonyl (C=O) groups is 1. The van der Waals surface area contributed by atoms with Gasteiger partial charge in [-0.2, -0.15) is 4.31 Å². The molecule has 0 aromatic heterocycles. The fourth-order valence-corrected chi connectivity index (χ4v) is 4.45. The standard InChI is InChI=1S/C15H21NO4S/c1-12(18)13-5-7-15(8-6-13)21(19,20)16-10-3-2-4-14(16)9-11-17/h5-8,14,17H,2-4,9-11H2,1H3. The van der Waals surface area contributed by atoms with Crippen molar-refractivity contribution < 1.29 is 18.3 Å². The highest BCUT2D eigenvalue weighted by molar-refractivity contribution is 7.89. The molecule has 2 rings (SSSR count). The quantitative estimate of drug-likeness (QED) is 0.842. The Morgan fingerprint density at radius 3 is 2.52 bits per heavy atom. The molecule has 1 saturated heterocycles. The van der Waals surface area contributed by atoms with Gasteiger partial charge in [0.2, 0.25) is 10.0 Å². The van der Waals surface area contributed by atoms with Gasteiger partial charge in [0.05, 0.1) is 4.90 Å².